The molecule has 0 aromatic heterocycles. The van der Waals surface area contributed by atoms with Crippen LogP contribution in [0.4, 0.5) is 0 Å². The molecule has 20 heavy (non-hydrogen) atoms. The minimum absolute atomic E-state index is 0.521. The van der Waals surface area contributed by atoms with Gasteiger partial charge in [-0.1, -0.05) is 0 Å². The second-order valence-corrected chi connectivity index (χ2v) is 4.96. The Balaban J connectivity index is 4.47. The van der Waals surface area contributed by atoms with Crippen molar-refractivity contribution in [2.75, 3.05) is 6.61 Å². The number of esters is 1. The van der Waals surface area contributed by atoms with Crippen molar-refractivity contribution in [3.05, 3.63) is 30.3 Å². The summed E-state index contributed by atoms with van der Waals surface area (Å²) in [4.78, 5) is 40.3. The zero-order valence-corrected chi connectivity index (χ0v) is 11.2. The van der Waals surface area contributed by atoms with E-state index in [1.807, 2.05) is 0 Å². The smallest absolute Gasteiger partial charge is 0.456 e. The number of carbonyl (C=O) groups is 1. The molecule has 11 nitrogen and oxygen atoms in total. The normalized spacial score (nSPS) is 11.8. The van der Waals surface area contributed by atoms with Crippen LogP contribution in [0.25, 0.3) is 0 Å². The summed E-state index contributed by atoms with van der Waals surface area (Å²) < 4.78 is 4.60. The Kier molecular flexibility index (Phi) is 5.49. The van der Waals surface area contributed by atoms with Crippen LogP contribution in [0.2, 0.25) is 0 Å². The topological polar surface area (TPSA) is 156 Å². The van der Waals surface area contributed by atoms with Gasteiger partial charge in [0.1, 0.15) is 0 Å². The number of rotatable bonds is 8. The first kappa shape index (κ1) is 17.7. The van der Waals surface area contributed by atoms with E-state index in [0.29, 0.717) is 0 Å². The first-order valence-electron chi connectivity index (χ1n) is 5.52. The molecule has 0 unspecified atom stereocenters. The maximum Gasteiger partial charge on any atom is 0.456 e. The van der Waals surface area contributed by atoms with Crippen LogP contribution in [0.1, 0.15) is 33.6 Å². The second-order valence-electron chi connectivity index (χ2n) is 4.96. The first-order chi connectivity index (χ1) is 8.93. The number of nitro groups is 3. The summed E-state index contributed by atoms with van der Waals surface area (Å²) in [5.74, 6) is -0.963. The van der Waals surface area contributed by atoms with Crippen molar-refractivity contribution in [3.8, 4) is 0 Å². The van der Waals surface area contributed by atoms with Gasteiger partial charge in [0.25, 0.3) is 0 Å². The predicted octanol–water partition coefficient (Wildman–Crippen LogP) is 0.635. The summed E-state index contributed by atoms with van der Waals surface area (Å²) in [6.45, 7) is 2.73. The van der Waals surface area contributed by atoms with Crippen LogP contribution in [0.15, 0.2) is 0 Å². The molecule has 0 radical (unpaired) electrons. The molecule has 0 rings (SSSR count). The van der Waals surface area contributed by atoms with E-state index in [1.54, 1.807) is 0 Å². The van der Waals surface area contributed by atoms with Crippen molar-refractivity contribution in [2.24, 2.45) is 0 Å². The van der Waals surface area contributed by atoms with E-state index in [1.165, 1.54) is 13.8 Å². The van der Waals surface area contributed by atoms with Gasteiger partial charge in [0.15, 0.2) is 6.61 Å². The molecule has 0 atom stereocenters. The van der Waals surface area contributed by atoms with Crippen molar-refractivity contribution in [3.63, 3.8) is 0 Å². The lowest BCUT2D eigenvalue weighted by Crippen LogP contribution is -2.43. The molecule has 0 saturated carbocycles. The third-order valence-electron chi connectivity index (χ3n) is 2.67. The lowest BCUT2D eigenvalue weighted by atomic mass is 10.1. The molecule has 0 fully saturated rings. The van der Waals surface area contributed by atoms with Gasteiger partial charge < -0.3 is 4.74 Å². The van der Waals surface area contributed by atoms with E-state index in [9.17, 15) is 35.1 Å². The minimum atomic E-state index is -2.49. The Morgan fingerprint density at radius 1 is 1.00 bits per heavy atom. The fourth-order valence-electron chi connectivity index (χ4n) is 0.970. The fourth-order valence-corrected chi connectivity index (χ4v) is 0.970. The SMILES string of the molecule is CC(C)(COC(=O)CCC(C)([N+](=O)[O-])[N+](=O)[O-])[N+](=O)[O-]. The van der Waals surface area contributed by atoms with Gasteiger partial charge in [0, 0.05) is 18.8 Å². The van der Waals surface area contributed by atoms with Gasteiger partial charge in [-0.05, 0) is 0 Å². The highest BCUT2D eigenvalue weighted by Crippen LogP contribution is 2.18. The second kappa shape index (κ2) is 6.21. The van der Waals surface area contributed by atoms with Gasteiger partial charge >= 0.3 is 11.6 Å². The van der Waals surface area contributed by atoms with Gasteiger partial charge in [0.05, 0.1) is 29.6 Å². The molecule has 0 heterocycles. The van der Waals surface area contributed by atoms with E-state index in [-0.39, 0.29) is 0 Å². The lowest BCUT2D eigenvalue weighted by Gasteiger charge is -2.16. The van der Waals surface area contributed by atoms with E-state index in [4.69, 9.17) is 0 Å². The molecule has 0 aliphatic heterocycles. The van der Waals surface area contributed by atoms with E-state index < -0.39 is 51.4 Å². The Morgan fingerprint density at radius 2 is 1.45 bits per heavy atom. The highest BCUT2D eigenvalue weighted by atomic mass is 16.7. The van der Waals surface area contributed by atoms with Gasteiger partial charge in [-0.3, -0.25) is 35.1 Å². The Labute approximate surface area is 113 Å². The fraction of sp³-hybridized carbons (Fsp3) is 0.889. The number of carbonyl (C=O) groups excluding carboxylic acids is 1. The van der Waals surface area contributed by atoms with Crippen molar-refractivity contribution in [1.29, 1.82) is 0 Å². The molecule has 114 valence electrons. The quantitative estimate of drug-likeness (QED) is 0.273. The van der Waals surface area contributed by atoms with Crippen molar-refractivity contribution >= 4 is 5.97 Å². The average Bonchev–Trinajstić information content (AvgIpc) is 2.32. The van der Waals surface area contributed by atoms with E-state index >= 15 is 0 Å². The summed E-state index contributed by atoms with van der Waals surface area (Å²) in [6.07, 6.45) is -1.24. The molecule has 11 heteroatoms. The third kappa shape index (κ3) is 4.40. The maximum absolute atomic E-state index is 11.3. The Hall–Kier alpha value is -2.33. The molecular weight excluding hydrogens is 278 g/mol. The van der Waals surface area contributed by atoms with Crippen LogP contribution in [0.3, 0.4) is 0 Å². The molecule has 0 N–H and O–H groups in total. The third-order valence-corrected chi connectivity index (χ3v) is 2.67. The van der Waals surface area contributed by atoms with Crippen LogP contribution in [0, 0.1) is 30.3 Å². The van der Waals surface area contributed by atoms with Crippen molar-refractivity contribution < 1.29 is 24.3 Å². The highest BCUT2D eigenvalue weighted by Gasteiger charge is 2.50. The summed E-state index contributed by atoms with van der Waals surface area (Å²) in [6, 6.07) is 0. The van der Waals surface area contributed by atoms with Crippen LogP contribution in [0.5, 0.6) is 0 Å². The maximum atomic E-state index is 11.3. The van der Waals surface area contributed by atoms with Crippen LogP contribution < -0.4 is 0 Å². The molecule has 0 saturated heterocycles. The summed E-state index contributed by atoms with van der Waals surface area (Å²) in [7, 11) is 0. The largest absolute Gasteiger partial charge is 0.458 e. The Morgan fingerprint density at radius 3 is 1.80 bits per heavy atom. The number of hydrogen-bond acceptors (Lipinski definition) is 8. The average molecular weight is 293 g/mol. The highest BCUT2D eigenvalue weighted by molar-refractivity contribution is 5.69. The number of hydrogen-bond donors (Lipinski definition) is 0. The molecule has 0 aliphatic rings. The first-order valence-corrected chi connectivity index (χ1v) is 5.52. The molecular formula is C9H15N3O8. The standard InChI is InChI=1S/C9H15N3O8/c1-8(2,10(14)15)6-20-7(13)4-5-9(3,11(16)17)12(18)19/h4-6H2,1-3H3. The summed E-state index contributed by atoms with van der Waals surface area (Å²) in [5.41, 5.74) is -3.98. The number of ether oxygens (including phenoxy) is 1. The zero-order chi connectivity index (χ0) is 16.1. The molecule has 0 aromatic carbocycles. The van der Waals surface area contributed by atoms with Gasteiger partial charge in [0.2, 0.25) is 5.54 Å². The van der Waals surface area contributed by atoms with Gasteiger partial charge in [-0.2, -0.15) is 0 Å². The minimum Gasteiger partial charge on any atom is -0.458 e. The van der Waals surface area contributed by atoms with Crippen LogP contribution >= 0.6 is 0 Å². The summed E-state index contributed by atoms with van der Waals surface area (Å²) >= 11 is 0. The van der Waals surface area contributed by atoms with Crippen LogP contribution in [-0.4, -0.2) is 38.5 Å². The molecule has 0 aliphatic carbocycles. The van der Waals surface area contributed by atoms with Gasteiger partial charge in [-0.25, -0.2) is 0 Å². The van der Waals surface area contributed by atoms with Crippen LogP contribution in [-0.2, 0) is 9.53 Å². The zero-order valence-electron chi connectivity index (χ0n) is 11.2. The van der Waals surface area contributed by atoms with Gasteiger partial charge in [-0.15, -0.1) is 0 Å². The predicted molar refractivity (Wildman–Crippen MR) is 63.7 cm³/mol. The lowest BCUT2D eigenvalue weighted by molar-refractivity contribution is -0.792. The van der Waals surface area contributed by atoms with Crippen molar-refractivity contribution in [2.45, 2.75) is 44.8 Å². The molecule has 0 bridgehead atoms. The van der Waals surface area contributed by atoms with Crippen molar-refractivity contribution in [1.82, 2.24) is 0 Å². The summed E-state index contributed by atoms with van der Waals surface area (Å²) in [5, 5.41) is 31.8. The number of nitrogens with zero attached hydrogens (tertiary/aromatic N) is 3. The molecule has 0 aromatic rings. The monoisotopic (exact) mass is 293 g/mol. The Bertz CT molecular complexity index is 419. The molecule has 0 spiro atoms. The van der Waals surface area contributed by atoms with E-state index in [0.717, 1.165) is 6.92 Å². The molecule has 0 amide bonds. The van der Waals surface area contributed by atoms with E-state index in [2.05, 4.69) is 4.74 Å².